The molecule has 0 aliphatic heterocycles. The third kappa shape index (κ3) is 5.86. The van der Waals surface area contributed by atoms with Crippen molar-refractivity contribution in [2.24, 2.45) is 0 Å². The van der Waals surface area contributed by atoms with Gasteiger partial charge in [0.1, 0.15) is 5.69 Å². The molecule has 0 atom stereocenters. The van der Waals surface area contributed by atoms with Crippen LogP contribution in [0.4, 0.5) is 11.4 Å². The Morgan fingerprint density at radius 1 is 1.10 bits per heavy atom. The van der Waals surface area contributed by atoms with Gasteiger partial charge >= 0.3 is 5.97 Å². The smallest absolute Gasteiger partial charge is 0.338 e. The van der Waals surface area contributed by atoms with Crippen LogP contribution in [0.15, 0.2) is 47.4 Å². The minimum Gasteiger partial charge on any atom is -0.452 e. The van der Waals surface area contributed by atoms with Crippen LogP contribution in [0.1, 0.15) is 29.8 Å². The van der Waals surface area contributed by atoms with Gasteiger partial charge in [-0.3, -0.25) is 14.9 Å². The molecule has 0 spiro atoms. The monoisotopic (exact) mass is 449 g/mol. The number of nitro benzene ring substituents is 1. The summed E-state index contributed by atoms with van der Waals surface area (Å²) in [7, 11) is -3.66. The summed E-state index contributed by atoms with van der Waals surface area (Å²) >= 11 is 0. The van der Waals surface area contributed by atoms with E-state index in [0.29, 0.717) is 18.7 Å². The van der Waals surface area contributed by atoms with Crippen molar-refractivity contribution in [1.29, 1.82) is 0 Å². The number of carbonyl (C=O) groups is 2. The molecule has 0 aliphatic carbocycles. The lowest BCUT2D eigenvalue weighted by Crippen LogP contribution is -2.30. The fourth-order valence-electron chi connectivity index (χ4n) is 2.77. The molecule has 1 amide bonds. The van der Waals surface area contributed by atoms with E-state index < -0.39 is 33.4 Å². The van der Waals surface area contributed by atoms with Crippen molar-refractivity contribution in [2.75, 3.05) is 25.0 Å². The van der Waals surface area contributed by atoms with Crippen molar-refractivity contribution in [3.8, 4) is 0 Å². The van der Waals surface area contributed by atoms with Crippen molar-refractivity contribution in [1.82, 2.24) is 4.31 Å². The summed E-state index contributed by atoms with van der Waals surface area (Å²) in [5.41, 5.74) is 0.433. The number of hydrogen-bond donors (Lipinski definition) is 1. The van der Waals surface area contributed by atoms with Crippen LogP contribution >= 0.6 is 0 Å². The largest absolute Gasteiger partial charge is 0.452 e. The maximum absolute atomic E-state index is 12.5. The molecule has 0 saturated carbocycles. The molecule has 10 nitrogen and oxygen atoms in total. The number of hydrogen-bond acceptors (Lipinski definition) is 7. The molecule has 0 aromatic heterocycles. The van der Waals surface area contributed by atoms with Crippen molar-refractivity contribution >= 4 is 33.3 Å². The van der Waals surface area contributed by atoms with Gasteiger partial charge in [-0.15, -0.1) is 0 Å². The van der Waals surface area contributed by atoms with Gasteiger partial charge < -0.3 is 10.1 Å². The third-order valence-electron chi connectivity index (χ3n) is 4.39. The molecule has 0 saturated heterocycles. The molecule has 166 valence electrons. The summed E-state index contributed by atoms with van der Waals surface area (Å²) in [6.45, 7) is 5.10. The van der Waals surface area contributed by atoms with Crippen LogP contribution < -0.4 is 5.32 Å². The van der Waals surface area contributed by atoms with Crippen molar-refractivity contribution in [3.63, 3.8) is 0 Å². The van der Waals surface area contributed by atoms with Gasteiger partial charge in [0.2, 0.25) is 10.0 Å². The Balaban J connectivity index is 2.02. The van der Waals surface area contributed by atoms with Gasteiger partial charge in [0, 0.05) is 19.2 Å². The molecule has 31 heavy (non-hydrogen) atoms. The van der Waals surface area contributed by atoms with Crippen LogP contribution in [0.3, 0.4) is 0 Å². The average Bonchev–Trinajstić information content (AvgIpc) is 2.74. The molecule has 2 rings (SSSR count). The zero-order chi connectivity index (χ0) is 23.2. The first-order valence-corrected chi connectivity index (χ1v) is 10.9. The number of sulfonamides is 1. The zero-order valence-corrected chi connectivity index (χ0v) is 18.1. The molecule has 0 bridgehead atoms. The number of rotatable bonds is 9. The molecule has 0 radical (unpaired) electrons. The van der Waals surface area contributed by atoms with Crippen molar-refractivity contribution in [3.05, 3.63) is 63.7 Å². The highest BCUT2D eigenvalue weighted by Gasteiger charge is 2.22. The molecule has 0 fully saturated rings. The minimum absolute atomic E-state index is 0.0115. The number of nitrogens with one attached hydrogen (secondary N) is 1. The summed E-state index contributed by atoms with van der Waals surface area (Å²) in [5, 5.41) is 13.4. The lowest BCUT2D eigenvalue weighted by Gasteiger charge is -2.18. The van der Waals surface area contributed by atoms with Crippen molar-refractivity contribution < 1.29 is 27.7 Å². The molecule has 0 aliphatic rings. The zero-order valence-electron chi connectivity index (χ0n) is 17.3. The first kappa shape index (κ1) is 24.0. The SMILES string of the molecule is CCN(CC)S(=O)(=O)c1ccc(C(=O)OCC(=O)Nc2ccc(C)cc2[N+](=O)[O-])cc1. The predicted octanol–water partition coefficient (Wildman–Crippen LogP) is 2.73. The van der Waals surface area contributed by atoms with E-state index >= 15 is 0 Å². The lowest BCUT2D eigenvalue weighted by molar-refractivity contribution is -0.384. The molecule has 2 aromatic rings. The summed E-state index contributed by atoms with van der Waals surface area (Å²) in [6, 6.07) is 9.48. The first-order chi connectivity index (χ1) is 14.6. The van der Waals surface area contributed by atoms with Crippen molar-refractivity contribution in [2.45, 2.75) is 25.7 Å². The van der Waals surface area contributed by atoms with Crippen LogP contribution in [0.25, 0.3) is 0 Å². The van der Waals surface area contributed by atoms with E-state index in [1.54, 1.807) is 26.8 Å². The standard InChI is InChI=1S/C20H23N3O7S/c1-4-22(5-2)31(28,29)16-9-7-15(8-10-16)20(25)30-13-19(24)21-17-11-6-14(3)12-18(17)23(26)27/h6-12H,4-5,13H2,1-3H3,(H,21,24). The summed E-state index contributed by atoms with van der Waals surface area (Å²) in [4.78, 5) is 34.7. The highest BCUT2D eigenvalue weighted by atomic mass is 32.2. The molecular formula is C20H23N3O7S. The maximum Gasteiger partial charge on any atom is 0.338 e. The van der Waals surface area contributed by atoms with Gasteiger partial charge in [0.15, 0.2) is 6.61 Å². The Kier molecular flexibility index (Phi) is 7.83. The van der Waals surface area contributed by atoms with Gasteiger partial charge in [-0.2, -0.15) is 4.31 Å². The second-order valence-corrected chi connectivity index (χ2v) is 8.45. The molecule has 1 N–H and O–H groups in total. The lowest BCUT2D eigenvalue weighted by atomic mass is 10.2. The molecule has 0 heterocycles. The van der Waals surface area contributed by atoms with Gasteiger partial charge in [0.25, 0.3) is 11.6 Å². The van der Waals surface area contributed by atoms with Gasteiger partial charge in [-0.25, -0.2) is 13.2 Å². The Labute approximate surface area is 180 Å². The van der Waals surface area contributed by atoms with Gasteiger partial charge in [-0.1, -0.05) is 19.9 Å². The molecule has 2 aromatic carbocycles. The second kappa shape index (κ2) is 10.1. The highest BCUT2D eigenvalue weighted by molar-refractivity contribution is 7.89. The fraction of sp³-hybridized carbons (Fsp3) is 0.300. The fourth-order valence-corrected chi connectivity index (χ4v) is 4.23. The van der Waals surface area contributed by atoms with E-state index in [-0.39, 0.29) is 21.8 Å². The molecular weight excluding hydrogens is 426 g/mol. The van der Waals surface area contributed by atoms with Crippen LogP contribution in [0.5, 0.6) is 0 Å². The normalized spacial score (nSPS) is 11.2. The third-order valence-corrected chi connectivity index (χ3v) is 6.46. The number of carbonyl (C=O) groups excluding carboxylic acids is 2. The predicted molar refractivity (Wildman–Crippen MR) is 113 cm³/mol. The summed E-state index contributed by atoms with van der Waals surface area (Å²) < 4.78 is 31.1. The van der Waals surface area contributed by atoms with E-state index in [1.807, 2.05) is 0 Å². The number of nitrogens with zero attached hydrogens (tertiary/aromatic N) is 2. The first-order valence-electron chi connectivity index (χ1n) is 9.42. The number of benzene rings is 2. The molecule has 0 unspecified atom stereocenters. The molecule has 11 heteroatoms. The Bertz CT molecular complexity index is 1080. The van der Waals surface area contributed by atoms with Crippen LogP contribution in [0.2, 0.25) is 0 Å². The maximum atomic E-state index is 12.5. The van der Waals surface area contributed by atoms with E-state index in [4.69, 9.17) is 4.74 Å². The topological polar surface area (TPSA) is 136 Å². The summed E-state index contributed by atoms with van der Waals surface area (Å²) in [6.07, 6.45) is 0. The average molecular weight is 449 g/mol. The number of esters is 1. The second-order valence-electron chi connectivity index (χ2n) is 6.52. The van der Waals surface area contributed by atoms with Crippen LogP contribution in [-0.4, -0.2) is 49.2 Å². The van der Waals surface area contributed by atoms with Crippen LogP contribution in [0, 0.1) is 17.0 Å². The highest BCUT2D eigenvalue weighted by Crippen LogP contribution is 2.25. The van der Waals surface area contributed by atoms with E-state index in [9.17, 15) is 28.1 Å². The number of anilines is 1. The van der Waals surface area contributed by atoms with E-state index in [1.165, 1.54) is 40.7 Å². The number of amides is 1. The Morgan fingerprint density at radius 2 is 1.71 bits per heavy atom. The van der Waals surface area contributed by atoms with Gasteiger partial charge in [-0.05, 0) is 42.8 Å². The minimum atomic E-state index is -3.66. The number of ether oxygens (including phenoxy) is 1. The Hall–Kier alpha value is -3.31. The van der Waals surface area contributed by atoms with Gasteiger partial charge in [0.05, 0.1) is 15.4 Å². The number of aryl methyl sites for hydroxylation is 1. The summed E-state index contributed by atoms with van der Waals surface area (Å²) in [5.74, 6) is -1.58. The van der Waals surface area contributed by atoms with Crippen LogP contribution in [-0.2, 0) is 19.6 Å². The number of nitro groups is 1. The van der Waals surface area contributed by atoms with E-state index in [0.717, 1.165) is 0 Å². The quantitative estimate of drug-likeness (QED) is 0.353. The Morgan fingerprint density at radius 3 is 2.26 bits per heavy atom. The van der Waals surface area contributed by atoms with E-state index in [2.05, 4.69) is 5.32 Å².